The number of hydrogen-bond acceptors (Lipinski definition) is 7. The van der Waals surface area contributed by atoms with Crippen LogP contribution in [-0.2, 0) is 20.6 Å². The molecule has 2 fully saturated rings. The molecule has 12 heteroatoms. The predicted octanol–water partition coefficient (Wildman–Crippen LogP) is 4.83. The Balaban J connectivity index is -0.000000601. The number of carbonyl (C=O) groups excluding carboxylic acids is 2. The number of rotatable bonds is 13. The van der Waals surface area contributed by atoms with E-state index in [2.05, 4.69) is 53.9 Å². The molecule has 0 aromatic carbocycles. The number of aldehydes is 1. The van der Waals surface area contributed by atoms with Crippen LogP contribution in [0, 0.1) is 11.3 Å². The molecule has 0 radical (unpaired) electrons. The number of carbonyl (C=O) groups is 3. The summed E-state index contributed by atoms with van der Waals surface area (Å²) in [6, 6.07) is -0.0361. The molecule has 2 rings (SSSR count). The van der Waals surface area contributed by atoms with Gasteiger partial charge in [-0.25, -0.2) is 13.3 Å². The van der Waals surface area contributed by atoms with E-state index in [0.717, 1.165) is 39.4 Å². The van der Waals surface area contributed by atoms with Crippen molar-refractivity contribution in [1.29, 1.82) is 0 Å². The number of carboxylic acids is 1. The van der Waals surface area contributed by atoms with Gasteiger partial charge in [-0.1, -0.05) is 73.5 Å². The third-order valence-electron chi connectivity index (χ3n) is 7.19. The second kappa shape index (κ2) is 31.7. The average Bonchev–Trinajstić information content (AvgIpc) is 3.42. The Labute approximate surface area is 284 Å². The summed E-state index contributed by atoms with van der Waals surface area (Å²) in [5.74, 6) is 0.547. The number of nitrogens with zero attached hydrogens (tertiary/aromatic N) is 2. The molecule has 46 heavy (non-hydrogen) atoms. The maximum absolute atomic E-state index is 12.0. The third kappa shape index (κ3) is 29.5. The van der Waals surface area contributed by atoms with Crippen LogP contribution >= 0.6 is 0 Å². The molecule has 0 aliphatic carbocycles. The van der Waals surface area contributed by atoms with Crippen molar-refractivity contribution in [3.05, 3.63) is 12.2 Å². The second-order valence-corrected chi connectivity index (χ2v) is 14.1. The molecular weight excluding hydrogens is 606 g/mol. The van der Waals surface area contributed by atoms with Gasteiger partial charge in [-0.2, -0.15) is 0 Å². The lowest BCUT2D eigenvalue weighted by Gasteiger charge is -2.36. The Hall–Kier alpha value is -1.86. The van der Waals surface area contributed by atoms with Crippen LogP contribution < -0.4 is 16.0 Å². The Morgan fingerprint density at radius 3 is 2.17 bits per heavy atom. The van der Waals surface area contributed by atoms with Crippen molar-refractivity contribution in [3.8, 4) is 0 Å². The number of nitrogens with one attached hydrogen (secondary N) is 3. The summed E-state index contributed by atoms with van der Waals surface area (Å²) in [5.41, 5.74) is -0.153. The van der Waals surface area contributed by atoms with E-state index in [9.17, 15) is 13.8 Å². The number of unbranched alkanes of at least 4 members (excludes halogenated alkanes) is 3. The zero-order valence-electron chi connectivity index (χ0n) is 30.9. The molecule has 2 saturated heterocycles. The molecule has 2 heterocycles. The monoisotopic (exact) mass is 678 g/mol. The number of amides is 2. The second-order valence-electron chi connectivity index (χ2n) is 12.5. The molecule has 0 bridgehead atoms. The van der Waals surface area contributed by atoms with Gasteiger partial charge in [-0.15, -0.1) is 0 Å². The zero-order valence-corrected chi connectivity index (χ0v) is 31.7. The van der Waals surface area contributed by atoms with Crippen LogP contribution in [0.1, 0.15) is 107 Å². The van der Waals surface area contributed by atoms with Crippen molar-refractivity contribution in [1.82, 2.24) is 25.2 Å². The number of urea groups is 1. The predicted molar refractivity (Wildman–Crippen MR) is 193 cm³/mol. The van der Waals surface area contributed by atoms with E-state index in [-0.39, 0.29) is 24.0 Å². The Kier molecular flexibility index (Phi) is 33.5. The standard InChI is InChI=1S/C13H25N3O3S.C11H23N.C6H13NO.C2H4O2.C2H6/c1-13(2,3)11(15-12(18)14-6-8-17)10-16-7-4-5-9-20(16)19;1-4-5-6-7-8-9-11(2)10-12-3;1-7-4-2-3-6(7)5-8;1-2(3)4;1-2/h8,11H,4-7,9-10H2,1-3H3,(H2,14,15,18);8-9,11-12H,4-7,10H2,1-3H3;6,8H,2-5H2,1H3;1H3,(H,3,4);1-2H3/b;9-8-;;;/t;;6-;;/m..0../s1. The van der Waals surface area contributed by atoms with E-state index >= 15 is 0 Å². The minimum Gasteiger partial charge on any atom is -0.481 e. The minimum atomic E-state index is -0.948. The minimum absolute atomic E-state index is 0.00165. The van der Waals surface area contributed by atoms with E-state index in [4.69, 9.17) is 15.0 Å². The van der Waals surface area contributed by atoms with Crippen LogP contribution in [0.25, 0.3) is 0 Å². The average molecular weight is 678 g/mol. The van der Waals surface area contributed by atoms with Gasteiger partial charge < -0.3 is 35.9 Å². The normalized spacial score (nSPS) is 19.4. The van der Waals surface area contributed by atoms with E-state index in [0.29, 0.717) is 37.2 Å². The Bertz CT molecular complexity index is 805. The quantitative estimate of drug-likeness (QED) is 0.106. The first kappa shape index (κ1) is 48.5. The lowest BCUT2D eigenvalue weighted by molar-refractivity contribution is -0.134. The number of aliphatic hydroxyl groups is 1. The molecule has 5 N–H and O–H groups in total. The fourth-order valence-corrected chi connectivity index (χ4v) is 5.80. The Morgan fingerprint density at radius 1 is 1.11 bits per heavy atom. The van der Waals surface area contributed by atoms with Crippen molar-refractivity contribution in [2.75, 3.05) is 59.2 Å². The number of likely N-dealkylation sites (tertiary alicyclic amines) is 1. The maximum Gasteiger partial charge on any atom is 0.315 e. The van der Waals surface area contributed by atoms with E-state index in [1.54, 1.807) is 0 Å². The van der Waals surface area contributed by atoms with Gasteiger partial charge in [0.05, 0.1) is 24.1 Å². The molecule has 2 aliphatic rings. The van der Waals surface area contributed by atoms with Gasteiger partial charge >= 0.3 is 6.03 Å². The summed E-state index contributed by atoms with van der Waals surface area (Å²) >= 11 is 0. The summed E-state index contributed by atoms with van der Waals surface area (Å²) in [4.78, 5) is 33.2. The van der Waals surface area contributed by atoms with Crippen LogP contribution in [0.4, 0.5) is 4.79 Å². The number of carboxylic acid groups (broad SMARTS) is 1. The lowest BCUT2D eigenvalue weighted by atomic mass is 9.86. The van der Waals surface area contributed by atoms with E-state index < -0.39 is 17.0 Å². The van der Waals surface area contributed by atoms with Gasteiger partial charge in [-0.3, -0.25) is 4.79 Å². The molecule has 0 spiro atoms. The molecule has 274 valence electrons. The summed E-state index contributed by atoms with van der Waals surface area (Å²) in [7, 11) is 3.12. The summed E-state index contributed by atoms with van der Waals surface area (Å²) in [5, 5.41) is 24.6. The topological polar surface area (TPSA) is 151 Å². The van der Waals surface area contributed by atoms with Crippen LogP contribution in [0.3, 0.4) is 0 Å². The molecule has 2 amide bonds. The van der Waals surface area contributed by atoms with Gasteiger partial charge in [-0.05, 0) is 70.5 Å². The number of aliphatic carboxylic acids is 1. The van der Waals surface area contributed by atoms with Gasteiger partial charge in [0.1, 0.15) is 6.29 Å². The highest BCUT2D eigenvalue weighted by Crippen LogP contribution is 2.22. The smallest absolute Gasteiger partial charge is 0.315 e. The van der Waals surface area contributed by atoms with Crippen molar-refractivity contribution < 1.29 is 28.8 Å². The third-order valence-corrected chi connectivity index (χ3v) is 8.74. The van der Waals surface area contributed by atoms with Gasteiger partial charge in [0.15, 0.2) is 0 Å². The van der Waals surface area contributed by atoms with E-state index in [1.165, 1.54) is 38.5 Å². The van der Waals surface area contributed by atoms with Crippen LogP contribution in [0.5, 0.6) is 0 Å². The van der Waals surface area contributed by atoms with Gasteiger partial charge in [0.2, 0.25) is 0 Å². The lowest BCUT2D eigenvalue weighted by Crippen LogP contribution is -2.54. The summed E-state index contributed by atoms with van der Waals surface area (Å²) in [6.07, 6.45) is 15.0. The first-order valence-electron chi connectivity index (χ1n) is 17.2. The highest BCUT2D eigenvalue weighted by atomic mass is 32.2. The zero-order chi connectivity index (χ0) is 36.0. The van der Waals surface area contributed by atoms with Crippen LogP contribution in [-0.4, -0.2) is 113 Å². The number of aliphatic hydroxyl groups excluding tert-OH is 1. The molecular formula is C34H71N5O6S. The van der Waals surface area contributed by atoms with Crippen molar-refractivity contribution in [2.24, 2.45) is 11.3 Å². The number of allylic oxidation sites excluding steroid dienone is 1. The molecule has 0 aromatic rings. The maximum atomic E-state index is 12.0. The summed E-state index contributed by atoms with van der Waals surface area (Å²) in [6.45, 7) is 19.6. The SMILES string of the molecule is CC.CC(=O)O.CC(C)(C)C(CN1CCCCS1=O)NC(=O)NCC=O.CCCCC/C=C\C(C)CNC.CN1CCC[C@H]1CO. The Morgan fingerprint density at radius 2 is 1.74 bits per heavy atom. The molecule has 3 unspecified atom stereocenters. The van der Waals surface area contributed by atoms with Crippen LogP contribution in [0.15, 0.2) is 12.2 Å². The van der Waals surface area contributed by atoms with Gasteiger partial charge in [0.25, 0.3) is 5.97 Å². The summed E-state index contributed by atoms with van der Waals surface area (Å²) < 4.78 is 13.9. The first-order valence-corrected chi connectivity index (χ1v) is 18.4. The molecule has 0 aromatic heterocycles. The molecule has 0 saturated carbocycles. The van der Waals surface area contributed by atoms with Crippen LogP contribution in [0.2, 0.25) is 0 Å². The fraction of sp³-hybridized carbons (Fsp3) is 0.853. The number of hydrogen-bond donors (Lipinski definition) is 5. The molecule has 11 nitrogen and oxygen atoms in total. The highest BCUT2D eigenvalue weighted by molar-refractivity contribution is 7.82. The van der Waals surface area contributed by atoms with Crippen molar-refractivity contribution in [2.45, 2.75) is 119 Å². The highest BCUT2D eigenvalue weighted by Gasteiger charge is 2.30. The first-order chi connectivity index (χ1) is 21.7. The van der Waals surface area contributed by atoms with Crippen molar-refractivity contribution in [3.63, 3.8) is 0 Å². The van der Waals surface area contributed by atoms with Gasteiger partial charge in [0, 0.05) is 44.4 Å². The number of likely N-dealkylation sites (N-methyl/N-ethyl adjacent to an activating group) is 1. The fourth-order valence-electron chi connectivity index (χ4n) is 4.44. The largest absolute Gasteiger partial charge is 0.481 e. The van der Waals surface area contributed by atoms with Crippen molar-refractivity contribution >= 4 is 29.3 Å². The molecule has 4 atom stereocenters. The molecule has 2 aliphatic heterocycles. The van der Waals surface area contributed by atoms with E-state index in [1.807, 2.05) is 46.0 Å².